The maximum absolute atomic E-state index is 13.6. The van der Waals surface area contributed by atoms with Crippen LogP contribution < -0.4 is 21.7 Å². The van der Waals surface area contributed by atoms with Gasteiger partial charge in [-0.2, -0.15) is 4.37 Å². The number of aromatic nitrogens is 1. The summed E-state index contributed by atoms with van der Waals surface area (Å²) in [6.45, 7) is 5.78. The van der Waals surface area contributed by atoms with E-state index >= 15 is 0 Å². The minimum atomic E-state index is -0.856. The molecule has 0 spiro atoms. The zero-order chi connectivity index (χ0) is 23.4. The molecule has 1 atom stereocenters. The lowest BCUT2D eigenvalue weighted by Gasteiger charge is -2.30. The highest BCUT2D eigenvalue weighted by Gasteiger charge is 2.33. The van der Waals surface area contributed by atoms with Gasteiger partial charge in [-0.3, -0.25) is 19.3 Å². The number of hydrogen-bond acceptors (Lipinski definition) is 6. The molecule has 0 radical (unpaired) electrons. The number of nitrogens with zero attached hydrogens (tertiary/aromatic N) is 2. The molecule has 8 nitrogen and oxygen atoms in total. The van der Waals surface area contributed by atoms with E-state index in [0.717, 1.165) is 28.2 Å². The highest BCUT2D eigenvalue weighted by Crippen LogP contribution is 2.30. The number of carbonyl (C=O) groups is 3. The Hall–Kier alpha value is -3.72. The Labute approximate surface area is 190 Å². The van der Waals surface area contributed by atoms with E-state index in [0.29, 0.717) is 12.2 Å². The Kier molecular flexibility index (Phi) is 6.89. The van der Waals surface area contributed by atoms with E-state index in [4.69, 9.17) is 11.5 Å². The topological polar surface area (TPSA) is 131 Å². The maximum atomic E-state index is 13.6. The highest BCUT2D eigenvalue weighted by atomic mass is 32.1. The minimum Gasteiger partial charge on any atom is -0.395 e. The molecule has 166 valence electrons. The molecular weight excluding hydrogens is 426 g/mol. The third kappa shape index (κ3) is 4.62. The second-order valence-corrected chi connectivity index (χ2v) is 8.19. The summed E-state index contributed by atoms with van der Waals surface area (Å²) in [4.78, 5) is 39.6. The SMILES string of the molecule is Cc1cccc(N(C(=O)c2snc(C(N)=O)c2N)[C@@H](C)C(=O)NCc2ccccc2)c1C. The van der Waals surface area contributed by atoms with Crippen molar-refractivity contribution in [3.05, 3.63) is 75.8 Å². The number of anilines is 2. The Morgan fingerprint density at radius 1 is 1.09 bits per heavy atom. The summed E-state index contributed by atoms with van der Waals surface area (Å²) in [5.41, 5.74) is 14.4. The number of carbonyl (C=O) groups excluding carboxylic acids is 3. The van der Waals surface area contributed by atoms with Crippen molar-refractivity contribution in [3.8, 4) is 0 Å². The average molecular weight is 452 g/mol. The van der Waals surface area contributed by atoms with Gasteiger partial charge in [0.1, 0.15) is 10.9 Å². The maximum Gasteiger partial charge on any atom is 0.272 e. The molecule has 0 fully saturated rings. The van der Waals surface area contributed by atoms with Gasteiger partial charge in [-0.15, -0.1) is 0 Å². The lowest BCUT2D eigenvalue weighted by Crippen LogP contribution is -2.48. The molecule has 1 heterocycles. The Morgan fingerprint density at radius 3 is 2.41 bits per heavy atom. The fourth-order valence-corrected chi connectivity index (χ4v) is 4.02. The quantitative estimate of drug-likeness (QED) is 0.508. The van der Waals surface area contributed by atoms with Crippen LogP contribution in [-0.2, 0) is 11.3 Å². The second-order valence-electron chi connectivity index (χ2n) is 7.41. The van der Waals surface area contributed by atoms with Gasteiger partial charge in [0, 0.05) is 12.2 Å². The molecule has 0 saturated carbocycles. The molecular formula is C23H25N5O3S. The number of aryl methyl sites for hydroxylation is 1. The van der Waals surface area contributed by atoms with E-state index in [1.807, 2.05) is 56.3 Å². The van der Waals surface area contributed by atoms with Crippen molar-refractivity contribution in [1.82, 2.24) is 9.69 Å². The zero-order valence-electron chi connectivity index (χ0n) is 18.1. The number of nitrogens with one attached hydrogen (secondary N) is 1. The Morgan fingerprint density at radius 2 is 1.78 bits per heavy atom. The van der Waals surface area contributed by atoms with Gasteiger partial charge in [-0.05, 0) is 55.1 Å². The number of nitrogen functional groups attached to an aromatic ring is 1. The van der Waals surface area contributed by atoms with Gasteiger partial charge in [0.15, 0.2) is 5.69 Å². The van der Waals surface area contributed by atoms with E-state index in [-0.39, 0.29) is 22.2 Å². The molecule has 3 amide bonds. The summed E-state index contributed by atoms with van der Waals surface area (Å²) in [6.07, 6.45) is 0. The van der Waals surface area contributed by atoms with Crippen molar-refractivity contribution in [2.45, 2.75) is 33.4 Å². The third-order valence-corrected chi connectivity index (χ3v) is 6.14. The molecule has 0 saturated heterocycles. The summed E-state index contributed by atoms with van der Waals surface area (Å²) in [5, 5.41) is 2.88. The van der Waals surface area contributed by atoms with Crippen LogP contribution in [0, 0.1) is 13.8 Å². The molecule has 0 aliphatic rings. The van der Waals surface area contributed by atoms with Gasteiger partial charge in [0.25, 0.3) is 11.8 Å². The van der Waals surface area contributed by atoms with Gasteiger partial charge >= 0.3 is 0 Å². The first-order valence-electron chi connectivity index (χ1n) is 9.98. The number of amides is 3. The monoisotopic (exact) mass is 451 g/mol. The predicted molar refractivity (Wildman–Crippen MR) is 126 cm³/mol. The summed E-state index contributed by atoms with van der Waals surface area (Å²) in [7, 11) is 0. The van der Waals surface area contributed by atoms with Gasteiger partial charge in [-0.25, -0.2) is 0 Å². The molecule has 2 aromatic carbocycles. The molecule has 0 unspecified atom stereocenters. The van der Waals surface area contributed by atoms with Gasteiger partial charge in [-0.1, -0.05) is 42.5 Å². The molecule has 3 rings (SSSR count). The smallest absolute Gasteiger partial charge is 0.272 e. The van der Waals surface area contributed by atoms with Crippen LogP contribution in [0.15, 0.2) is 48.5 Å². The van der Waals surface area contributed by atoms with Crippen LogP contribution in [-0.4, -0.2) is 28.1 Å². The summed E-state index contributed by atoms with van der Waals surface area (Å²) >= 11 is 0.786. The van der Waals surface area contributed by atoms with Crippen molar-refractivity contribution in [2.75, 3.05) is 10.6 Å². The number of primary amides is 1. The van der Waals surface area contributed by atoms with E-state index in [1.165, 1.54) is 4.90 Å². The second kappa shape index (κ2) is 9.61. The summed E-state index contributed by atoms with van der Waals surface area (Å²) < 4.78 is 3.93. The van der Waals surface area contributed by atoms with E-state index in [2.05, 4.69) is 9.69 Å². The number of benzene rings is 2. The van der Waals surface area contributed by atoms with E-state index in [1.54, 1.807) is 13.0 Å². The largest absolute Gasteiger partial charge is 0.395 e. The molecule has 9 heteroatoms. The van der Waals surface area contributed by atoms with Crippen LogP contribution in [0.4, 0.5) is 11.4 Å². The standard InChI is InChI=1S/C23H25N5O3S/c1-13-8-7-11-17(14(13)2)28(23(31)20-18(24)19(21(25)29)27-32-20)15(3)22(30)26-12-16-9-5-4-6-10-16/h4-11,15H,12,24H2,1-3H3,(H2,25,29)(H,26,30)/t15-/m0/s1. The van der Waals surface area contributed by atoms with E-state index < -0.39 is 17.9 Å². The predicted octanol–water partition coefficient (Wildman–Crippen LogP) is 2.79. The number of hydrogen-bond donors (Lipinski definition) is 3. The molecule has 0 aliphatic heterocycles. The van der Waals surface area contributed by atoms with Gasteiger partial charge in [0.05, 0.1) is 5.69 Å². The zero-order valence-corrected chi connectivity index (χ0v) is 18.9. The van der Waals surface area contributed by atoms with Gasteiger partial charge < -0.3 is 16.8 Å². The molecule has 3 aromatic rings. The van der Waals surface area contributed by atoms with Crippen LogP contribution in [0.5, 0.6) is 0 Å². The Balaban J connectivity index is 1.97. The van der Waals surface area contributed by atoms with Gasteiger partial charge in [0.2, 0.25) is 5.91 Å². The van der Waals surface area contributed by atoms with Crippen LogP contribution in [0.3, 0.4) is 0 Å². The van der Waals surface area contributed by atoms with Crippen LogP contribution >= 0.6 is 11.5 Å². The average Bonchev–Trinajstić information content (AvgIpc) is 3.17. The lowest BCUT2D eigenvalue weighted by atomic mass is 10.0. The van der Waals surface area contributed by atoms with Crippen molar-refractivity contribution >= 4 is 40.6 Å². The molecule has 1 aromatic heterocycles. The number of rotatable bonds is 7. The number of nitrogens with two attached hydrogens (primary N) is 2. The molecule has 32 heavy (non-hydrogen) atoms. The first-order valence-corrected chi connectivity index (χ1v) is 10.8. The van der Waals surface area contributed by atoms with Crippen LogP contribution in [0.2, 0.25) is 0 Å². The molecule has 0 aliphatic carbocycles. The Bertz CT molecular complexity index is 1160. The van der Waals surface area contributed by atoms with Crippen LogP contribution in [0.25, 0.3) is 0 Å². The van der Waals surface area contributed by atoms with Crippen molar-refractivity contribution in [1.29, 1.82) is 0 Å². The van der Waals surface area contributed by atoms with E-state index in [9.17, 15) is 14.4 Å². The first kappa shape index (κ1) is 23.0. The van der Waals surface area contributed by atoms with Crippen molar-refractivity contribution < 1.29 is 14.4 Å². The first-order chi connectivity index (χ1) is 15.2. The minimum absolute atomic E-state index is 0.0578. The highest BCUT2D eigenvalue weighted by molar-refractivity contribution is 7.09. The fourth-order valence-electron chi connectivity index (χ4n) is 3.28. The van der Waals surface area contributed by atoms with Crippen LogP contribution in [0.1, 0.15) is 43.8 Å². The molecule has 0 bridgehead atoms. The molecule has 5 N–H and O–H groups in total. The summed E-state index contributed by atoms with van der Waals surface area (Å²) in [6, 6.07) is 14.1. The normalized spacial score (nSPS) is 11.6. The summed E-state index contributed by atoms with van der Waals surface area (Å²) in [5.74, 6) is -1.67. The third-order valence-electron chi connectivity index (χ3n) is 5.29. The lowest BCUT2D eigenvalue weighted by molar-refractivity contribution is -0.122. The van der Waals surface area contributed by atoms with Crippen molar-refractivity contribution in [3.63, 3.8) is 0 Å². The van der Waals surface area contributed by atoms with Crippen molar-refractivity contribution in [2.24, 2.45) is 5.73 Å². The fraction of sp³-hybridized carbons (Fsp3) is 0.217.